The Morgan fingerprint density at radius 2 is 2.24 bits per heavy atom. The molecule has 0 atom stereocenters. The molecule has 1 aromatic heterocycles. The number of amides is 2. The summed E-state index contributed by atoms with van der Waals surface area (Å²) in [4.78, 5) is 11.5. The van der Waals surface area contributed by atoms with Crippen molar-refractivity contribution in [1.82, 2.24) is 10.6 Å². The lowest BCUT2D eigenvalue weighted by atomic mass is 9.90. The van der Waals surface area contributed by atoms with Crippen LogP contribution in [0, 0.1) is 5.41 Å². The van der Waals surface area contributed by atoms with Crippen LogP contribution in [0.15, 0.2) is 16.8 Å². The third-order valence-electron chi connectivity index (χ3n) is 2.55. The van der Waals surface area contributed by atoms with Gasteiger partial charge in [-0.25, -0.2) is 4.79 Å². The van der Waals surface area contributed by atoms with E-state index in [2.05, 4.69) is 10.6 Å². The first-order valence-electron chi connectivity index (χ1n) is 5.67. The van der Waals surface area contributed by atoms with E-state index in [1.165, 1.54) is 0 Å². The Balaban J connectivity index is 2.21. The summed E-state index contributed by atoms with van der Waals surface area (Å²) in [6.45, 7) is 5.29. The first-order valence-corrected chi connectivity index (χ1v) is 6.61. The average Bonchev–Trinajstić information content (AvgIpc) is 2.76. The largest absolute Gasteiger partial charge is 0.396 e. The number of thiophene rings is 1. The molecule has 0 spiro atoms. The molecule has 0 bridgehead atoms. The lowest BCUT2D eigenvalue weighted by Gasteiger charge is -2.23. The van der Waals surface area contributed by atoms with Crippen LogP contribution in [0.5, 0.6) is 0 Å². The van der Waals surface area contributed by atoms with Crippen LogP contribution in [-0.2, 0) is 6.54 Å². The van der Waals surface area contributed by atoms with Crippen LogP contribution >= 0.6 is 11.3 Å². The topological polar surface area (TPSA) is 61.4 Å². The van der Waals surface area contributed by atoms with Crippen molar-refractivity contribution < 1.29 is 9.90 Å². The minimum atomic E-state index is -0.165. The standard InChI is InChI=1S/C12H20N2O2S/c1-12(2,4-5-15)9-14-11(16)13-7-10-3-6-17-8-10/h3,6,8,15H,4-5,7,9H2,1-2H3,(H2,13,14,16). The molecule has 1 aromatic rings. The van der Waals surface area contributed by atoms with E-state index in [0.29, 0.717) is 19.5 Å². The maximum atomic E-state index is 11.5. The molecule has 0 saturated heterocycles. The summed E-state index contributed by atoms with van der Waals surface area (Å²) in [5.74, 6) is 0. The summed E-state index contributed by atoms with van der Waals surface area (Å²) in [7, 11) is 0. The van der Waals surface area contributed by atoms with E-state index < -0.39 is 0 Å². The fraction of sp³-hybridized carbons (Fsp3) is 0.583. The van der Waals surface area contributed by atoms with E-state index in [-0.39, 0.29) is 18.1 Å². The highest BCUT2D eigenvalue weighted by Gasteiger charge is 2.17. The van der Waals surface area contributed by atoms with E-state index in [1.807, 2.05) is 30.7 Å². The molecule has 0 aromatic carbocycles. The average molecular weight is 256 g/mol. The summed E-state index contributed by atoms with van der Waals surface area (Å²) >= 11 is 1.62. The Bertz CT molecular complexity index is 336. The van der Waals surface area contributed by atoms with Crippen molar-refractivity contribution in [3.8, 4) is 0 Å². The Morgan fingerprint density at radius 3 is 2.82 bits per heavy atom. The number of aliphatic hydroxyl groups is 1. The number of urea groups is 1. The van der Waals surface area contributed by atoms with Crippen molar-refractivity contribution >= 4 is 17.4 Å². The Kier molecular flexibility index (Phi) is 5.44. The number of carbonyl (C=O) groups excluding carboxylic acids is 1. The number of nitrogens with one attached hydrogen (secondary N) is 2. The van der Waals surface area contributed by atoms with Crippen LogP contribution in [0.1, 0.15) is 25.8 Å². The van der Waals surface area contributed by atoms with E-state index in [4.69, 9.17) is 5.11 Å². The first kappa shape index (κ1) is 14.0. The lowest BCUT2D eigenvalue weighted by Crippen LogP contribution is -2.40. The van der Waals surface area contributed by atoms with Crippen molar-refractivity contribution in [2.45, 2.75) is 26.8 Å². The second kappa shape index (κ2) is 6.61. The smallest absolute Gasteiger partial charge is 0.315 e. The molecule has 1 rings (SSSR count). The molecule has 0 aliphatic carbocycles. The fourth-order valence-electron chi connectivity index (χ4n) is 1.35. The summed E-state index contributed by atoms with van der Waals surface area (Å²) in [5.41, 5.74) is 1.04. The molecular weight excluding hydrogens is 236 g/mol. The summed E-state index contributed by atoms with van der Waals surface area (Å²) < 4.78 is 0. The Labute approximate surface area is 106 Å². The zero-order valence-corrected chi connectivity index (χ0v) is 11.1. The number of hydrogen-bond donors (Lipinski definition) is 3. The number of carbonyl (C=O) groups is 1. The molecule has 1 heterocycles. The molecule has 3 N–H and O–H groups in total. The van der Waals surface area contributed by atoms with Crippen molar-refractivity contribution in [2.24, 2.45) is 5.41 Å². The van der Waals surface area contributed by atoms with Crippen molar-refractivity contribution in [3.63, 3.8) is 0 Å². The van der Waals surface area contributed by atoms with Gasteiger partial charge in [0.1, 0.15) is 0 Å². The minimum absolute atomic E-state index is 0.0749. The van der Waals surface area contributed by atoms with Gasteiger partial charge >= 0.3 is 6.03 Å². The van der Waals surface area contributed by atoms with E-state index in [0.717, 1.165) is 5.56 Å². The van der Waals surface area contributed by atoms with Crippen LogP contribution in [0.3, 0.4) is 0 Å². The molecule has 0 radical (unpaired) electrons. The maximum absolute atomic E-state index is 11.5. The first-order chi connectivity index (χ1) is 8.03. The van der Waals surface area contributed by atoms with Gasteiger partial charge in [0.25, 0.3) is 0 Å². The quantitative estimate of drug-likeness (QED) is 0.728. The maximum Gasteiger partial charge on any atom is 0.315 e. The monoisotopic (exact) mass is 256 g/mol. The van der Waals surface area contributed by atoms with Gasteiger partial charge < -0.3 is 15.7 Å². The minimum Gasteiger partial charge on any atom is -0.396 e. The van der Waals surface area contributed by atoms with Crippen LogP contribution < -0.4 is 10.6 Å². The van der Waals surface area contributed by atoms with Gasteiger partial charge in [0.15, 0.2) is 0 Å². The van der Waals surface area contributed by atoms with Gasteiger partial charge in [0.05, 0.1) is 0 Å². The van der Waals surface area contributed by atoms with Crippen LogP contribution in [0.4, 0.5) is 4.79 Å². The molecular formula is C12H20N2O2S. The van der Waals surface area contributed by atoms with Gasteiger partial charge in [-0.2, -0.15) is 11.3 Å². The normalized spacial score (nSPS) is 11.2. The SMILES string of the molecule is CC(C)(CCO)CNC(=O)NCc1ccsc1. The van der Waals surface area contributed by atoms with Gasteiger partial charge in [0, 0.05) is 19.7 Å². The third-order valence-corrected chi connectivity index (χ3v) is 3.28. The van der Waals surface area contributed by atoms with Gasteiger partial charge in [-0.3, -0.25) is 0 Å². The Morgan fingerprint density at radius 1 is 1.47 bits per heavy atom. The lowest BCUT2D eigenvalue weighted by molar-refractivity contribution is 0.201. The van der Waals surface area contributed by atoms with E-state index in [9.17, 15) is 4.79 Å². The highest BCUT2D eigenvalue weighted by molar-refractivity contribution is 7.07. The van der Waals surface area contributed by atoms with Gasteiger partial charge in [-0.1, -0.05) is 13.8 Å². The molecule has 2 amide bonds. The zero-order chi connectivity index (χ0) is 12.7. The molecule has 5 heteroatoms. The van der Waals surface area contributed by atoms with Crippen LogP contribution in [-0.4, -0.2) is 24.3 Å². The highest BCUT2D eigenvalue weighted by Crippen LogP contribution is 2.17. The predicted octanol–water partition coefficient (Wildman–Crippen LogP) is 1.96. The molecule has 0 fully saturated rings. The summed E-state index contributed by atoms with van der Waals surface area (Å²) in [6.07, 6.45) is 0.678. The summed E-state index contributed by atoms with van der Waals surface area (Å²) in [5, 5.41) is 18.5. The van der Waals surface area contributed by atoms with Crippen LogP contribution in [0.2, 0.25) is 0 Å². The van der Waals surface area contributed by atoms with Crippen molar-refractivity contribution in [2.75, 3.05) is 13.2 Å². The summed E-state index contributed by atoms with van der Waals surface area (Å²) in [6, 6.07) is 1.82. The van der Waals surface area contributed by atoms with Crippen molar-refractivity contribution in [1.29, 1.82) is 0 Å². The fourth-order valence-corrected chi connectivity index (χ4v) is 2.02. The van der Waals surface area contributed by atoms with Crippen molar-refractivity contribution in [3.05, 3.63) is 22.4 Å². The van der Waals surface area contributed by atoms with Gasteiger partial charge in [-0.05, 0) is 34.2 Å². The van der Waals surface area contributed by atoms with E-state index in [1.54, 1.807) is 11.3 Å². The number of rotatable bonds is 6. The number of aliphatic hydroxyl groups excluding tert-OH is 1. The molecule has 96 valence electrons. The van der Waals surface area contributed by atoms with Crippen LogP contribution in [0.25, 0.3) is 0 Å². The Hall–Kier alpha value is -1.07. The molecule has 17 heavy (non-hydrogen) atoms. The second-order valence-corrected chi connectivity index (χ2v) is 5.59. The van der Waals surface area contributed by atoms with Gasteiger partial charge in [-0.15, -0.1) is 0 Å². The molecule has 0 aliphatic rings. The van der Waals surface area contributed by atoms with E-state index >= 15 is 0 Å². The molecule has 4 nitrogen and oxygen atoms in total. The second-order valence-electron chi connectivity index (χ2n) is 4.81. The third kappa shape index (κ3) is 5.70. The molecule has 0 aliphatic heterocycles. The molecule has 0 saturated carbocycles. The predicted molar refractivity (Wildman–Crippen MR) is 70.0 cm³/mol. The zero-order valence-electron chi connectivity index (χ0n) is 10.3. The highest BCUT2D eigenvalue weighted by atomic mass is 32.1. The number of hydrogen-bond acceptors (Lipinski definition) is 3. The van der Waals surface area contributed by atoms with Gasteiger partial charge in [0.2, 0.25) is 0 Å². The molecule has 0 unspecified atom stereocenters.